The quantitative estimate of drug-likeness (QED) is 0.228. The third kappa shape index (κ3) is 4.63. The van der Waals surface area contributed by atoms with Gasteiger partial charge in [0.1, 0.15) is 0 Å². The van der Waals surface area contributed by atoms with Crippen molar-refractivity contribution < 1.29 is 23.9 Å². The molecule has 1 aliphatic rings. The first-order valence-electron chi connectivity index (χ1n) is 8.90. The molecule has 2 aromatic rings. The molecule has 0 amide bonds. The van der Waals surface area contributed by atoms with Crippen LogP contribution in [-0.4, -0.2) is 30.0 Å². The lowest BCUT2D eigenvalue weighted by Gasteiger charge is -2.13. The minimum Gasteiger partial charge on any atom is -0.490 e. The average Bonchev–Trinajstić information content (AvgIpc) is 3.04. The summed E-state index contributed by atoms with van der Waals surface area (Å²) in [5, 5.41) is 10.9. The molecule has 0 saturated heterocycles. The van der Waals surface area contributed by atoms with E-state index in [4.69, 9.17) is 25.8 Å². The summed E-state index contributed by atoms with van der Waals surface area (Å²) >= 11 is 9.55. The van der Waals surface area contributed by atoms with Crippen LogP contribution in [0.4, 0.5) is 5.69 Å². The highest BCUT2D eigenvalue weighted by Gasteiger charge is 2.27. The van der Waals surface area contributed by atoms with E-state index in [2.05, 4.69) is 20.9 Å². The van der Waals surface area contributed by atoms with Crippen molar-refractivity contribution in [2.24, 2.45) is 4.99 Å². The molecule has 0 fully saturated rings. The van der Waals surface area contributed by atoms with Crippen molar-refractivity contribution in [3.8, 4) is 11.5 Å². The number of nitrogens with zero attached hydrogens (tertiary/aromatic N) is 2. The zero-order chi connectivity index (χ0) is 21.8. The number of esters is 1. The van der Waals surface area contributed by atoms with Crippen LogP contribution in [0, 0.1) is 10.1 Å². The number of hydrogen-bond donors (Lipinski definition) is 0. The molecule has 156 valence electrons. The molecule has 3 rings (SSSR count). The Morgan fingerprint density at radius 3 is 2.60 bits per heavy atom. The molecule has 0 saturated carbocycles. The van der Waals surface area contributed by atoms with E-state index in [1.807, 2.05) is 13.8 Å². The van der Waals surface area contributed by atoms with Crippen molar-refractivity contribution in [1.29, 1.82) is 0 Å². The lowest BCUT2D eigenvalue weighted by Crippen LogP contribution is -2.06. The normalized spacial score (nSPS) is 14.5. The highest BCUT2D eigenvalue weighted by Crippen LogP contribution is 2.38. The molecule has 0 aliphatic carbocycles. The van der Waals surface area contributed by atoms with E-state index in [1.54, 1.807) is 12.1 Å². The fourth-order valence-electron chi connectivity index (χ4n) is 2.69. The molecule has 0 unspecified atom stereocenters. The molecular formula is C20H16BrClN2O6. The second kappa shape index (κ2) is 9.27. The Bertz CT molecular complexity index is 1080. The summed E-state index contributed by atoms with van der Waals surface area (Å²) in [5.41, 5.74) is 0.799. The Morgan fingerprint density at radius 2 is 1.97 bits per heavy atom. The van der Waals surface area contributed by atoms with Gasteiger partial charge in [0.2, 0.25) is 5.90 Å². The fourth-order valence-corrected chi connectivity index (χ4v) is 3.52. The van der Waals surface area contributed by atoms with Crippen LogP contribution in [0.2, 0.25) is 5.02 Å². The molecule has 0 spiro atoms. The molecular weight excluding hydrogens is 480 g/mol. The van der Waals surface area contributed by atoms with Crippen LogP contribution in [-0.2, 0) is 9.53 Å². The lowest BCUT2D eigenvalue weighted by atomic mass is 10.1. The van der Waals surface area contributed by atoms with Gasteiger partial charge in [-0.2, -0.15) is 0 Å². The van der Waals surface area contributed by atoms with Crippen molar-refractivity contribution >= 4 is 51.2 Å². The summed E-state index contributed by atoms with van der Waals surface area (Å²) in [6, 6.07) is 7.31. The van der Waals surface area contributed by atoms with Crippen molar-refractivity contribution in [2.75, 3.05) is 13.2 Å². The number of nitro groups is 1. The number of cyclic esters (lactones) is 1. The van der Waals surface area contributed by atoms with Gasteiger partial charge in [-0.3, -0.25) is 10.1 Å². The van der Waals surface area contributed by atoms with Gasteiger partial charge in [0.05, 0.1) is 33.2 Å². The predicted octanol–water partition coefficient (Wildman–Crippen LogP) is 5.15. The van der Waals surface area contributed by atoms with E-state index in [1.165, 1.54) is 24.3 Å². The van der Waals surface area contributed by atoms with Crippen LogP contribution in [0.15, 0.2) is 45.5 Å². The molecule has 10 heteroatoms. The summed E-state index contributed by atoms with van der Waals surface area (Å²) in [6.45, 7) is 4.63. The molecule has 1 heterocycles. The topological polar surface area (TPSA) is 100 Å². The number of carbonyl (C=O) groups is 1. The van der Waals surface area contributed by atoms with Gasteiger partial charge in [-0.15, -0.1) is 0 Å². The smallest absolute Gasteiger partial charge is 0.363 e. The third-order valence-corrected chi connectivity index (χ3v) is 4.84. The van der Waals surface area contributed by atoms with Gasteiger partial charge >= 0.3 is 5.97 Å². The summed E-state index contributed by atoms with van der Waals surface area (Å²) in [5.74, 6) is 0.399. The molecule has 0 aromatic heterocycles. The summed E-state index contributed by atoms with van der Waals surface area (Å²) in [6.07, 6.45) is 1.54. The Kier molecular flexibility index (Phi) is 6.73. The van der Waals surface area contributed by atoms with Gasteiger partial charge < -0.3 is 14.2 Å². The summed E-state index contributed by atoms with van der Waals surface area (Å²) < 4.78 is 17.1. The SMILES string of the molecule is CCOc1cc(/C=C2/N=C(c3ccc([N+](=O)[O-])cc3Cl)OC2=O)cc(Br)c1OCC. The highest BCUT2D eigenvalue weighted by atomic mass is 79.9. The van der Waals surface area contributed by atoms with Crippen molar-refractivity contribution in [3.05, 3.63) is 66.8 Å². The first kappa shape index (κ1) is 21.8. The second-order valence-electron chi connectivity index (χ2n) is 5.95. The van der Waals surface area contributed by atoms with E-state index in [9.17, 15) is 14.9 Å². The van der Waals surface area contributed by atoms with Crippen molar-refractivity contribution in [1.82, 2.24) is 0 Å². The van der Waals surface area contributed by atoms with Crippen LogP contribution in [0.3, 0.4) is 0 Å². The summed E-state index contributed by atoms with van der Waals surface area (Å²) in [7, 11) is 0. The van der Waals surface area contributed by atoms with E-state index in [0.717, 1.165) is 0 Å². The van der Waals surface area contributed by atoms with Gasteiger partial charge in [0.15, 0.2) is 17.2 Å². The lowest BCUT2D eigenvalue weighted by molar-refractivity contribution is -0.384. The molecule has 0 bridgehead atoms. The number of hydrogen-bond acceptors (Lipinski definition) is 7. The van der Waals surface area contributed by atoms with E-state index in [-0.39, 0.29) is 27.9 Å². The van der Waals surface area contributed by atoms with Crippen molar-refractivity contribution in [2.45, 2.75) is 13.8 Å². The average molecular weight is 496 g/mol. The van der Waals surface area contributed by atoms with Gasteiger partial charge in [-0.05, 0) is 59.6 Å². The monoisotopic (exact) mass is 494 g/mol. The van der Waals surface area contributed by atoms with Crippen LogP contribution < -0.4 is 9.47 Å². The third-order valence-electron chi connectivity index (χ3n) is 3.94. The number of halogens is 2. The standard InChI is InChI=1S/C20H16BrClN2O6/c1-3-28-17-9-11(7-14(21)18(17)29-4-2)8-16-20(25)30-19(23-16)13-6-5-12(24(26)27)10-15(13)22/h5-10H,3-4H2,1-2H3/b16-8+. The van der Waals surface area contributed by atoms with Gasteiger partial charge in [-0.25, -0.2) is 9.79 Å². The molecule has 1 aliphatic heterocycles. The maximum absolute atomic E-state index is 12.3. The zero-order valence-corrected chi connectivity index (χ0v) is 18.3. The van der Waals surface area contributed by atoms with Crippen LogP contribution in [0.25, 0.3) is 6.08 Å². The Hall–Kier alpha value is -2.91. The largest absolute Gasteiger partial charge is 0.490 e. The molecule has 0 atom stereocenters. The Morgan fingerprint density at radius 1 is 1.23 bits per heavy atom. The number of nitro benzene ring substituents is 1. The van der Waals surface area contributed by atoms with Crippen LogP contribution in [0.5, 0.6) is 11.5 Å². The summed E-state index contributed by atoms with van der Waals surface area (Å²) in [4.78, 5) is 26.8. The number of rotatable bonds is 7. The maximum atomic E-state index is 12.3. The van der Waals surface area contributed by atoms with E-state index < -0.39 is 10.9 Å². The van der Waals surface area contributed by atoms with Crippen molar-refractivity contribution in [3.63, 3.8) is 0 Å². The first-order valence-corrected chi connectivity index (χ1v) is 10.1. The minimum absolute atomic E-state index is 0.0267. The number of non-ortho nitro benzene ring substituents is 1. The van der Waals surface area contributed by atoms with Crippen LogP contribution >= 0.6 is 27.5 Å². The minimum atomic E-state index is -0.664. The van der Waals surface area contributed by atoms with E-state index >= 15 is 0 Å². The predicted molar refractivity (Wildman–Crippen MR) is 115 cm³/mol. The van der Waals surface area contributed by atoms with Gasteiger partial charge in [0.25, 0.3) is 5.69 Å². The second-order valence-corrected chi connectivity index (χ2v) is 7.21. The fraction of sp³-hybridized carbons (Fsp3) is 0.200. The van der Waals surface area contributed by atoms with Crippen LogP contribution in [0.1, 0.15) is 25.0 Å². The maximum Gasteiger partial charge on any atom is 0.363 e. The molecule has 0 N–H and O–H groups in total. The Balaban J connectivity index is 1.97. The molecule has 8 nitrogen and oxygen atoms in total. The molecule has 0 radical (unpaired) electrons. The number of benzene rings is 2. The highest BCUT2D eigenvalue weighted by molar-refractivity contribution is 9.10. The first-order chi connectivity index (χ1) is 14.3. The number of aliphatic imine (C=N–C) groups is 1. The van der Waals surface area contributed by atoms with Gasteiger partial charge in [0, 0.05) is 12.1 Å². The molecule has 30 heavy (non-hydrogen) atoms. The van der Waals surface area contributed by atoms with Gasteiger partial charge in [-0.1, -0.05) is 11.6 Å². The zero-order valence-electron chi connectivity index (χ0n) is 16.0. The molecule has 2 aromatic carbocycles. The Labute approximate surface area is 185 Å². The number of ether oxygens (including phenoxy) is 3. The van der Waals surface area contributed by atoms with E-state index in [0.29, 0.717) is 34.7 Å². The number of carbonyl (C=O) groups excluding carboxylic acids is 1.